The van der Waals surface area contributed by atoms with E-state index in [1.54, 1.807) is 0 Å². The Morgan fingerprint density at radius 2 is 1.69 bits per heavy atom. The number of aliphatic hydroxyl groups is 2. The van der Waals surface area contributed by atoms with Crippen LogP contribution in [0, 0.1) is 11.6 Å². The van der Waals surface area contributed by atoms with Crippen molar-refractivity contribution >= 4 is 15.6 Å². The van der Waals surface area contributed by atoms with Crippen molar-refractivity contribution in [1.29, 1.82) is 0 Å². The van der Waals surface area contributed by atoms with Crippen LogP contribution in [0.4, 0.5) is 22.0 Å². The first-order valence-electron chi connectivity index (χ1n) is 10.4. The smallest absolute Gasteiger partial charge is 0.387 e. The van der Waals surface area contributed by atoms with Crippen LogP contribution in [0.1, 0.15) is 17.4 Å². The fourth-order valence-corrected chi connectivity index (χ4v) is 5.17. The number of aromatic nitrogens is 2. The zero-order valence-electron chi connectivity index (χ0n) is 19.0. The minimum Gasteiger partial charge on any atom is -0.387 e. The molecule has 2 heterocycles. The molecule has 0 bridgehead atoms. The van der Waals surface area contributed by atoms with Crippen LogP contribution in [0.15, 0.2) is 34.0 Å². The van der Waals surface area contributed by atoms with Crippen molar-refractivity contribution < 1.29 is 69.5 Å². The van der Waals surface area contributed by atoms with Crippen LogP contribution in [-0.4, -0.2) is 58.9 Å². The summed E-state index contributed by atoms with van der Waals surface area (Å²) in [6.07, 6.45) is -14.2. The number of aryl methyl sites for hydroxylation is 1. The van der Waals surface area contributed by atoms with Gasteiger partial charge in [0.25, 0.3) is 5.56 Å². The Hall–Kier alpha value is -2.31. The second kappa shape index (κ2) is 11.3. The number of alkyl halides is 3. The Bertz CT molecular complexity index is 1440. The Morgan fingerprint density at radius 1 is 1.05 bits per heavy atom. The number of rotatable bonds is 9. The van der Waals surface area contributed by atoms with E-state index < -0.39 is 94.4 Å². The molecule has 21 heteroatoms. The standard InChI is InChI=1S/C18H19F5N2O12P2/c19-9-2-1-8(11(20)5-9)3-4-24-15(28)10(18(21,22)23)6-25(17(24)29)16-14(27)13(26)12(36-16)7-35-39(33,34)37-38(30,31)32/h1-2,5-6,12-14,16,26-27H,3-4,7H2,(H,33,34)(H2,30,31,32)/t12-,13+,14+,16-/m1/s1. The number of halogens is 5. The van der Waals surface area contributed by atoms with Gasteiger partial charge in [-0.05, 0) is 18.1 Å². The predicted octanol–water partition coefficient (Wildman–Crippen LogP) is 0.395. The molecule has 2 aromatic rings. The van der Waals surface area contributed by atoms with E-state index in [1.807, 2.05) is 0 Å². The van der Waals surface area contributed by atoms with Crippen LogP contribution in [0.3, 0.4) is 0 Å². The van der Waals surface area contributed by atoms with E-state index in [4.69, 9.17) is 14.5 Å². The first-order valence-corrected chi connectivity index (χ1v) is 13.5. The van der Waals surface area contributed by atoms with Crippen molar-refractivity contribution in [3.8, 4) is 0 Å². The maximum absolute atomic E-state index is 14.0. The van der Waals surface area contributed by atoms with Gasteiger partial charge in [0.05, 0.1) is 6.61 Å². The highest BCUT2D eigenvalue weighted by molar-refractivity contribution is 7.60. The molecular weight excluding hydrogens is 593 g/mol. The van der Waals surface area contributed by atoms with E-state index in [0.717, 1.165) is 12.1 Å². The average molecular weight is 612 g/mol. The molecule has 1 unspecified atom stereocenters. The molecule has 1 saturated heterocycles. The monoisotopic (exact) mass is 612 g/mol. The number of phosphoric ester groups is 1. The van der Waals surface area contributed by atoms with Crippen molar-refractivity contribution in [3.63, 3.8) is 0 Å². The highest BCUT2D eigenvalue weighted by atomic mass is 31.3. The normalized spacial score (nSPS) is 23.6. The van der Waals surface area contributed by atoms with E-state index >= 15 is 0 Å². The maximum atomic E-state index is 14.0. The topological polar surface area (TPSA) is 207 Å². The summed E-state index contributed by atoms with van der Waals surface area (Å²) in [6, 6.07) is 2.27. The molecule has 39 heavy (non-hydrogen) atoms. The van der Waals surface area contributed by atoms with Crippen molar-refractivity contribution in [3.05, 3.63) is 68.0 Å². The second-order valence-electron chi connectivity index (χ2n) is 8.06. The molecule has 0 spiro atoms. The van der Waals surface area contributed by atoms with Gasteiger partial charge in [-0.15, -0.1) is 0 Å². The van der Waals surface area contributed by atoms with Crippen LogP contribution >= 0.6 is 15.6 Å². The van der Waals surface area contributed by atoms with Gasteiger partial charge in [0.15, 0.2) is 6.23 Å². The quantitative estimate of drug-likeness (QED) is 0.193. The first kappa shape index (κ1) is 31.2. The molecule has 3 rings (SSSR count). The minimum absolute atomic E-state index is 0.00266. The predicted molar refractivity (Wildman–Crippen MR) is 115 cm³/mol. The van der Waals surface area contributed by atoms with E-state index in [9.17, 15) is 55.8 Å². The summed E-state index contributed by atoms with van der Waals surface area (Å²) in [5, 5.41) is 20.5. The van der Waals surface area contributed by atoms with Gasteiger partial charge in [0, 0.05) is 18.8 Å². The number of benzene rings is 1. The summed E-state index contributed by atoms with van der Waals surface area (Å²) in [5.41, 5.74) is -5.51. The van der Waals surface area contributed by atoms with Gasteiger partial charge in [0.1, 0.15) is 35.5 Å². The zero-order valence-corrected chi connectivity index (χ0v) is 20.8. The molecule has 1 aromatic carbocycles. The Labute approximate surface area is 213 Å². The van der Waals surface area contributed by atoms with Gasteiger partial charge < -0.3 is 29.6 Å². The van der Waals surface area contributed by atoms with Crippen LogP contribution in [0.5, 0.6) is 0 Å². The molecule has 0 radical (unpaired) electrons. The van der Waals surface area contributed by atoms with Crippen LogP contribution in [-0.2, 0) is 41.8 Å². The lowest BCUT2D eigenvalue weighted by Crippen LogP contribution is -2.46. The third-order valence-corrected chi connectivity index (χ3v) is 7.50. The van der Waals surface area contributed by atoms with E-state index in [2.05, 4.69) is 8.83 Å². The minimum atomic E-state index is -5.53. The van der Waals surface area contributed by atoms with Crippen LogP contribution < -0.4 is 11.2 Å². The number of phosphoric acid groups is 2. The molecule has 1 aliphatic heterocycles. The summed E-state index contributed by atoms with van der Waals surface area (Å²) in [4.78, 5) is 52.0. The lowest BCUT2D eigenvalue weighted by Gasteiger charge is -2.21. The Balaban J connectivity index is 1.94. The molecular formula is C18H19F5N2O12P2. The third kappa shape index (κ3) is 7.46. The van der Waals surface area contributed by atoms with Crippen molar-refractivity contribution in [1.82, 2.24) is 9.13 Å². The van der Waals surface area contributed by atoms with Gasteiger partial charge in [-0.3, -0.25) is 18.5 Å². The average Bonchev–Trinajstić information content (AvgIpc) is 3.05. The largest absolute Gasteiger partial charge is 0.481 e. The molecule has 0 amide bonds. The molecule has 1 aromatic heterocycles. The highest BCUT2D eigenvalue weighted by Crippen LogP contribution is 2.57. The number of aliphatic hydroxyl groups excluding tert-OH is 2. The van der Waals surface area contributed by atoms with Gasteiger partial charge in [0.2, 0.25) is 0 Å². The van der Waals surface area contributed by atoms with E-state index in [0.29, 0.717) is 6.07 Å². The highest BCUT2D eigenvalue weighted by Gasteiger charge is 2.47. The molecule has 5 atom stereocenters. The molecule has 0 aliphatic carbocycles. The summed E-state index contributed by atoms with van der Waals surface area (Å²) < 4.78 is 103. The Kier molecular flexibility index (Phi) is 9.03. The second-order valence-corrected chi connectivity index (χ2v) is 10.9. The van der Waals surface area contributed by atoms with Gasteiger partial charge in [-0.25, -0.2) is 22.7 Å². The fraction of sp³-hybridized carbons (Fsp3) is 0.444. The summed E-state index contributed by atoms with van der Waals surface area (Å²) >= 11 is 0. The zero-order chi connectivity index (χ0) is 29.5. The van der Waals surface area contributed by atoms with Crippen molar-refractivity contribution in [2.75, 3.05) is 6.61 Å². The van der Waals surface area contributed by atoms with Gasteiger partial charge in [-0.2, -0.15) is 17.5 Å². The molecule has 14 nitrogen and oxygen atoms in total. The number of ether oxygens (including phenoxy) is 1. The van der Waals surface area contributed by atoms with Gasteiger partial charge >= 0.3 is 27.5 Å². The van der Waals surface area contributed by atoms with E-state index in [-0.39, 0.29) is 20.9 Å². The molecule has 1 aliphatic rings. The summed E-state index contributed by atoms with van der Waals surface area (Å²) in [6.45, 7) is -2.05. The van der Waals surface area contributed by atoms with Crippen molar-refractivity contribution in [2.24, 2.45) is 0 Å². The number of hydrogen-bond acceptors (Lipinski definition) is 9. The van der Waals surface area contributed by atoms with Gasteiger partial charge in [-0.1, -0.05) is 6.07 Å². The lowest BCUT2D eigenvalue weighted by molar-refractivity contribution is -0.140. The van der Waals surface area contributed by atoms with Crippen LogP contribution in [0.2, 0.25) is 0 Å². The summed E-state index contributed by atoms with van der Waals surface area (Å²) in [5.74, 6) is -2.05. The fourth-order valence-electron chi connectivity index (χ4n) is 3.57. The van der Waals surface area contributed by atoms with E-state index in [1.165, 1.54) is 0 Å². The molecule has 5 N–H and O–H groups in total. The molecule has 0 saturated carbocycles. The summed E-state index contributed by atoms with van der Waals surface area (Å²) in [7, 11) is -11.0. The maximum Gasteiger partial charge on any atom is 0.481 e. The number of nitrogens with zero attached hydrogens (tertiary/aromatic N) is 2. The molecule has 1 fully saturated rings. The third-order valence-electron chi connectivity index (χ3n) is 5.34. The SMILES string of the molecule is O=c1c(C(F)(F)F)cn([C@@H]2O[C@H](COP(=O)(O)OP(=O)(O)O)[C@H](O)[C@@H]2O)c(=O)n1CCc1ccc(F)cc1F. The molecule has 218 valence electrons. The first-order chi connectivity index (χ1) is 17.8. The van der Waals surface area contributed by atoms with Crippen molar-refractivity contribution in [2.45, 2.75) is 43.7 Å². The Morgan fingerprint density at radius 3 is 2.26 bits per heavy atom. The number of hydrogen-bond donors (Lipinski definition) is 5. The van der Waals surface area contributed by atoms with Crippen LogP contribution in [0.25, 0.3) is 0 Å². The lowest BCUT2D eigenvalue weighted by atomic mass is 10.1.